The predicted molar refractivity (Wildman–Crippen MR) is 191 cm³/mol. The maximum absolute atomic E-state index is 12.6. The predicted octanol–water partition coefficient (Wildman–Crippen LogP) is 8.89. The molecule has 0 heterocycles. The van der Waals surface area contributed by atoms with Gasteiger partial charge in [-0.15, -0.1) is 10.5 Å². The van der Waals surface area contributed by atoms with E-state index in [0.29, 0.717) is 0 Å². The number of rotatable bonds is 13. The van der Waals surface area contributed by atoms with Crippen molar-refractivity contribution in [2.75, 3.05) is 35.8 Å². The molecule has 3 N–H and O–H groups in total. The molecule has 0 aliphatic rings. The van der Waals surface area contributed by atoms with Crippen LogP contribution in [0, 0.1) is 28.4 Å². The van der Waals surface area contributed by atoms with Gasteiger partial charge in [-0.3, -0.25) is 16.0 Å². The summed E-state index contributed by atoms with van der Waals surface area (Å²) >= 11 is 0. The Morgan fingerprint density at radius 3 is 1.37 bits per heavy atom. The van der Waals surface area contributed by atoms with E-state index in [4.69, 9.17) is 34.2 Å². The molecule has 15 nitrogen and oxygen atoms in total. The fourth-order valence-corrected chi connectivity index (χ4v) is 3.63. The quantitative estimate of drug-likeness (QED) is 0.0661. The van der Waals surface area contributed by atoms with Crippen molar-refractivity contribution in [2.24, 2.45) is 10.4 Å². The lowest BCUT2D eigenvalue weighted by Gasteiger charge is -2.31. The fraction of sp³-hybridized carbons (Fsp3) is 0.333. The molecule has 0 fully saturated rings. The second-order valence-electron chi connectivity index (χ2n) is 9.15. The monoisotopic (exact) mass is 704 g/mol. The van der Waals surface area contributed by atoms with Crippen molar-refractivity contribution < 1.29 is 42.9 Å². The zero-order valence-electron chi connectivity index (χ0n) is 29.8. The lowest BCUT2D eigenvalue weighted by atomic mass is 9.88. The van der Waals surface area contributed by atoms with Crippen LogP contribution in [-0.2, 0) is 19.0 Å². The molecule has 3 aromatic rings. The van der Waals surface area contributed by atoms with Crippen molar-refractivity contribution in [1.29, 1.82) is 10.5 Å². The minimum atomic E-state index is -1.20. The van der Waals surface area contributed by atoms with Crippen LogP contribution in [0.4, 0.5) is 37.1 Å². The second-order valence-corrected chi connectivity index (χ2v) is 9.15. The first-order valence-corrected chi connectivity index (χ1v) is 16.1. The highest BCUT2D eigenvalue weighted by molar-refractivity contribution is 5.86. The number of isocyanates is 1. The Morgan fingerprint density at radius 1 is 0.647 bits per heavy atom. The van der Waals surface area contributed by atoms with Gasteiger partial charge in [-0.1, -0.05) is 66.7 Å². The number of nitrogens with one attached hydrogen (secondary N) is 3. The zero-order valence-corrected chi connectivity index (χ0v) is 29.8. The van der Waals surface area contributed by atoms with E-state index in [2.05, 4.69) is 20.9 Å². The molecule has 0 saturated carbocycles. The lowest BCUT2D eigenvalue weighted by molar-refractivity contribution is -0.0104. The Bertz CT molecular complexity index is 1570. The largest absolute Gasteiger partial charge is 0.448 e. The first kappa shape index (κ1) is 44.4. The van der Waals surface area contributed by atoms with E-state index < -0.39 is 23.7 Å². The number of carbonyl (C=O) groups excluding carboxylic acids is 4. The number of aliphatic imine (C=N–C) groups is 1. The molecular weight excluding hydrogens is 660 g/mol. The number of nitriles is 2. The molecule has 3 amide bonds. The topological polar surface area (TPSA) is 210 Å². The number of nitrogens with zero attached hydrogens (tertiary/aromatic N) is 3. The van der Waals surface area contributed by atoms with Crippen molar-refractivity contribution in [3.05, 3.63) is 72.8 Å². The van der Waals surface area contributed by atoms with Gasteiger partial charge in [0, 0.05) is 29.2 Å². The highest BCUT2D eigenvalue weighted by Crippen LogP contribution is 2.26. The Hall–Kier alpha value is -6.57. The minimum Gasteiger partial charge on any atom is -0.448 e. The Labute approximate surface area is 298 Å². The van der Waals surface area contributed by atoms with E-state index in [0.717, 1.165) is 0 Å². The molecule has 0 aliphatic carbocycles. The van der Waals surface area contributed by atoms with Crippen LogP contribution in [0.15, 0.2) is 77.8 Å². The van der Waals surface area contributed by atoms with E-state index in [1.807, 2.05) is 41.5 Å². The summed E-state index contributed by atoms with van der Waals surface area (Å²) in [7, 11) is 0. The zero-order chi connectivity index (χ0) is 38.5. The molecule has 15 heteroatoms. The normalized spacial score (nSPS) is 9.20. The van der Waals surface area contributed by atoms with Gasteiger partial charge in [0.05, 0.1) is 11.1 Å². The molecule has 0 bridgehead atoms. The second kappa shape index (κ2) is 26.4. The Kier molecular flexibility index (Phi) is 23.0. The van der Waals surface area contributed by atoms with Gasteiger partial charge in [0.15, 0.2) is 0 Å². The summed E-state index contributed by atoms with van der Waals surface area (Å²) < 4.78 is 25.7. The van der Waals surface area contributed by atoms with E-state index >= 15 is 0 Å². The van der Waals surface area contributed by atoms with Crippen LogP contribution in [0.5, 0.6) is 11.5 Å². The maximum atomic E-state index is 12.6. The molecule has 0 saturated heterocycles. The van der Waals surface area contributed by atoms with Crippen LogP contribution in [0.3, 0.4) is 0 Å². The minimum absolute atomic E-state index is 0.199. The number of hydrogen-bond donors (Lipinski definition) is 3. The molecule has 0 aromatic heterocycles. The van der Waals surface area contributed by atoms with Gasteiger partial charge in [0.25, 0.3) is 12.5 Å². The summed E-state index contributed by atoms with van der Waals surface area (Å²) in [5.41, 5.74) is -0.0866. The average molecular weight is 705 g/mol. The third-order valence-electron chi connectivity index (χ3n) is 6.03. The first-order chi connectivity index (χ1) is 24.8. The van der Waals surface area contributed by atoms with Crippen molar-refractivity contribution >= 4 is 47.1 Å². The first-order valence-electron chi connectivity index (χ1n) is 16.1. The van der Waals surface area contributed by atoms with Crippen LogP contribution >= 0.6 is 0 Å². The van der Waals surface area contributed by atoms with Crippen molar-refractivity contribution in [3.63, 3.8) is 0 Å². The molecule has 0 spiro atoms. The van der Waals surface area contributed by atoms with Crippen molar-refractivity contribution in [1.82, 2.24) is 0 Å². The van der Waals surface area contributed by atoms with Crippen LogP contribution < -0.4 is 25.4 Å². The maximum Gasteiger partial charge on any atom is 0.411 e. The standard InChI is InChI=1S/C30H26N6O9.3C2H6/c1-2-30(15-41-27(38)34-22-7-3-6-21(12-22)33-20-37,16-42-28(39)35-23-8-4-10-25(13-23)44-18-31)17-43-29(40)36-24-9-5-11-26(14-24)45-19-32;3*1-2/h3-14H,2,15-17H2,1H3,(H,34,38)(H,35,39)(H,36,40);3*1-2H3. The lowest BCUT2D eigenvalue weighted by Crippen LogP contribution is -2.40. The van der Waals surface area contributed by atoms with Gasteiger partial charge in [-0.05, 0) is 48.9 Å². The fourth-order valence-electron chi connectivity index (χ4n) is 3.63. The molecule has 0 aliphatic heterocycles. The van der Waals surface area contributed by atoms with E-state index in [1.54, 1.807) is 43.3 Å². The van der Waals surface area contributed by atoms with Gasteiger partial charge < -0.3 is 23.7 Å². The smallest absolute Gasteiger partial charge is 0.411 e. The average Bonchev–Trinajstić information content (AvgIpc) is 3.15. The van der Waals surface area contributed by atoms with Gasteiger partial charge in [0.2, 0.25) is 6.08 Å². The molecule has 3 aromatic carbocycles. The molecule has 272 valence electrons. The highest BCUT2D eigenvalue weighted by Gasteiger charge is 2.34. The summed E-state index contributed by atoms with van der Waals surface area (Å²) in [6.07, 6.45) is 2.07. The molecule has 51 heavy (non-hydrogen) atoms. The summed E-state index contributed by atoms with van der Waals surface area (Å²) in [6, 6.07) is 18.1. The van der Waals surface area contributed by atoms with Crippen LogP contribution in [-0.4, -0.2) is 44.2 Å². The molecule has 0 atom stereocenters. The van der Waals surface area contributed by atoms with Gasteiger partial charge in [0.1, 0.15) is 31.3 Å². The summed E-state index contributed by atoms with van der Waals surface area (Å²) in [6.45, 7) is 12.7. The van der Waals surface area contributed by atoms with Crippen LogP contribution in [0.25, 0.3) is 0 Å². The summed E-state index contributed by atoms with van der Waals surface area (Å²) in [5.74, 6) is 0.399. The van der Waals surface area contributed by atoms with Crippen molar-refractivity contribution in [3.8, 4) is 24.0 Å². The van der Waals surface area contributed by atoms with Gasteiger partial charge >= 0.3 is 18.3 Å². The van der Waals surface area contributed by atoms with E-state index in [-0.39, 0.29) is 60.5 Å². The molecule has 0 radical (unpaired) electrons. The van der Waals surface area contributed by atoms with Crippen LogP contribution in [0.2, 0.25) is 0 Å². The SMILES string of the molecule is CC.CC.CC.CCC(COC(=O)Nc1cccc(N=C=O)c1)(COC(=O)Nc1cccc(OC#N)c1)COC(=O)Nc1cccc(OC#N)c1. The third kappa shape index (κ3) is 17.4. The molecule has 0 unspecified atom stereocenters. The van der Waals surface area contributed by atoms with Crippen molar-refractivity contribution in [2.45, 2.75) is 54.9 Å². The van der Waals surface area contributed by atoms with E-state index in [9.17, 15) is 19.2 Å². The van der Waals surface area contributed by atoms with Gasteiger partial charge in [-0.2, -0.15) is 4.99 Å². The van der Waals surface area contributed by atoms with Gasteiger partial charge in [-0.25, -0.2) is 19.2 Å². The third-order valence-corrected chi connectivity index (χ3v) is 6.03. The number of carbonyl (C=O) groups is 3. The Morgan fingerprint density at radius 2 is 1.02 bits per heavy atom. The summed E-state index contributed by atoms with van der Waals surface area (Å²) in [5, 5.41) is 24.9. The Balaban J connectivity index is 0.00000395. The highest BCUT2D eigenvalue weighted by atomic mass is 16.6. The van der Waals surface area contributed by atoms with Crippen LogP contribution in [0.1, 0.15) is 54.9 Å². The number of amides is 3. The number of benzene rings is 3. The molecular formula is C36H44N6O9. The number of hydrogen-bond acceptors (Lipinski definition) is 12. The summed E-state index contributed by atoms with van der Waals surface area (Å²) in [4.78, 5) is 51.9. The van der Waals surface area contributed by atoms with E-state index in [1.165, 1.54) is 55.0 Å². The number of ether oxygens (including phenoxy) is 5. The molecule has 3 rings (SSSR count). The number of anilines is 3.